The molecule has 0 unspecified atom stereocenters. The number of aromatic nitrogens is 3. The molecule has 0 atom stereocenters. The van der Waals surface area contributed by atoms with E-state index in [0.29, 0.717) is 11.0 Å². The van der Waals surface area contributed by atoms with Gasteiger partial charge in [0.2, 0.25) is 5.16 Å². The summed E-state index contributed by atoms with van der Waals surface area (Å²) in [6, 6.07) is 8.18. The lowest BCUT2D eigenvalue weighted by atomic mass is 10.1. The Kier molecular flexibility index (Phi) is 5.24. The molecule has 0 spiro atoms. The van der Waals surface area contributed by atoms with Crippen molar-refractivity contribution in [2.75, 3.05) is 5.75 Å². The first-order chi connectivity index (χ1) is 10.4. The maximum Gasteiger partial charge on any atom is 0.316 e. The Morgan fingerprint density at radius 2 is 1.95 bits per heavy atom. The lowest BCUT2D eigenvalue weighted by molar-refractivity contribution is -0.151. The highest BCUT2D eigenvalue weighted by atomic mass is 32.2. The fraction of sp³-hybridized carbons (Fsp3) is 0.438. The number of esters is 1. The predicted molar refractivity (Wildman–Crippen MR) is 87.8 cm³/mol. The molecule has 0 fully saturated rings. The lowest BCUT2D eigenvalue weighted by Crippen LogP contribution is -2.24. The van der Waals surface area contributed by atoms with Crippen LogP contribution in [0.5, 0.6) is 0 Å². The zero-order valence-electron chi connectivity index (χ0n) is 13.3. The minimum absolute atomic E-state index is 0.198. The number of nitrogens with zero attached hydrogens (tertiary/aromatic N) is 2. The van der Waals surface area contributed by atoms with Gasteiger partial charge in [-0.2, -0.15) is 0 Å². The number of hydrogen-bond acceptors (Lipinski definition) is 5. The SMILES string of the molecule is CCc1ccc(-c2nc(SCC(=O)OC(C)(C)C)n[nH]2)cc1. The second kappa shape index (κ2) is 6.96. The number of ether oxygens (including phenoxy) is 1. The molecule has 2 aromatic rings. The zero-order chi connectivity index (χ0) is 16.2. The van der Waals surface area contributed by atoms with Gasteiger partial charge in [-0.15, -0.1) is 5.10 Å². The van der Waals surface area contributed by atoms with Gasteiger partial charge in [-0.05, 0) is 32.8 Å². The van der Waals surface area contributed by atoms with Gasteiger partial charge >= 0.3 is 5.97 Å². The summed E-state index contributed by atoms with van der Waals surface area (Å²) < 4.78 is 5.25. The van der Waals surface area contributed by atoms with Crippen molar-refractivity contribution in [3.05, 3.63) is 29.8 Å². The number of benzene rings is 1. The van der Waals surface area contributed by atoms with Gasteiger partial charge in [0.25, 0.3) is 0 Å². The first-order valence-corrected chi connectivity index (χ1v) is 8.22. The Morgan fingerprint density at radius 3 is 2.55 bits per heavy atom. The summed E-state index contributed by atoms with van der Waals surface area (Å²) in [7, 11) is 0. The van der Waals surface area contributed by atoms with E-state index in [1.54, 1.807) is 0 Å². The Bertz CT molecular complexity index is 630. The van der Waals surface area contributed by atoms with Gasteiger partial charge in [-0.3, -0.25) is 9.89 Å². The molecular formula is C16H21N3O2S. The zero-order valence-corrected chi connectivity index (χ0v) is 14.2. The Morgan fingerprint density at radius 1 is 1.27 bits per heavy atom. The fourth-order valence-corrected chi connectivity index (χ4v) is 2.40. The van der Waals surface area contributed by atoms with Gasteiger partial charge in [-0.25, -0.2) is 4.98 Å². The summed E-state index contributed by atoms with van der Waals surface area (Å²) in [5.41, 5.74) is 1.79. The summed E-state index contributed by atoms with van der Waals surface area (Å²) in [5, 5.41) is 7.56. The second-order valence-corrected chi connectivity index (χ2v) is 6.83. The monoisotopic (exact) mass is 319 g/mol. The van der Waals surface area contributed by atoms with E-state index in [1.165, 1.54) is 17.3 Å². The number of aryl methyl sites for hydroxylation is 1. The average molecular weight is 319 g/mol. The van der Waals surface area contributed by atoms with Crippen LogP contribution < -0.4 is 0 Å². The molecule has 118 valence electrons. The first kappa shape index (κ1) is 16.5. The molecular weight excluding hydrogens is 298 g/mol. The molecule has 6 heteroatoms. The number of H-pyrrole nitrogens is 1. The van der Waals surface area contributed by atoms with Crippen molar-refractivity contribution in [3.63, 3.8) is 0 Å². The minimum atomic E-state index is -0.469. The van der Waals surface area contributed by atoms with E-state index in [-0.39, 0.29) is 11.7 Å². The summed E-state index contributed by atoms with van der Waals surface area (Å²) in [6.45, 7) is 7.66. The van der Waals surface area contributed by atoms with E-state index in [9.17, 15) is 4.79 Å². The van der Waals surface area contributed by atoms with Crippen molar-refractivity contribution in [2.24, 2.45) is 0 Å². The Balaban J connectivity index is 1.95. The third-order valence-corrected chi connectivity index (χ3v) is 3.66. The molecule has 0 saturated heterocycles. The predicted octanol–water partition coefficient (Wildman–Crippen LogP) is 3.47. The number of carbonyl (C=O) groups excluding carboxylic acids is 1. The Labute approximate surface area is 134 Å². The van der Waals surface area contributed by atoms with Crippen LogP contribution in [0.15, 0.2) is 29.4 Å². The van der Waals surface area contributed by atoms with Crippen LogP contribution in [-0.4, -0.2) is 32.5 Å². The maximum atomic E-state index is 11.7. The van der Waals surface area contributed by atoms with Crippen LogP contribution in [0.25, 0.3) is 11.4 Å². The lowest BCUT2D eigenvalue weighted by Gasteiger charge is -2.18. The van der Waals surface area contributed by atoms with Crippen molar-refractivity contribution in [1.29, 1.82) is 0 Å². The highest BCUT2D eigenvalue weighted by Crippen LogP contribution is 2.20. The molecule has 0 amide bonds. The number of hydrogen-bond donors (Lipinski definition) is 1. The molecule has 22 heavy (non-hydrogen) atoms. The van der Waals surface area contributed by atoms with E-state index in [4.69, 9.17) is 4.74 Å². The fourth-order valence-electron chi connectivity index (χ4n) is 1.83. The minimum Gasteiger partial charge on any atom is -0.459 e. The van der Waals surface area contributed by atoms with Crippen molar-refractivity contribution in [3.8, 4) is 11.4 Å². The number of carbonyl (C=O) groups is 1. The van der Waals surface area contributed by atoms with Crippen molar-refractivity contribution >= 4 is 17.7 Å². The van der Waals surface area contributed by atoms with E-state index >= 15 is 0 Å². The standard InChI is InChI=1S/C16H21N3O2S/c1-5-11-6-8-12(9-7-11)14-17-15(19-18-14)22-10-13(20)21-16(2,3)4/h6-9H,5,10H2,1-4H3,(H,17,18,19). The smallest absolute Gasteiger partial charge is 0.316 e. The quantitative estimate of drug-likeness (QED) is 0.675. The van der Waals surface area contributed by atoms with Crippen LogP contribution in [0.4, 0.5) is 0 Å². The molecule has 1 aromatic carbocycles. The topological polar surface area (TPSA) is 67.9 Å². The number of nitrogens with one attached hydrogen (secondary N) is 1. The van der Waals surface area contributed by atoms with Gasteiger partial charge in [0.1, 0.15) is 5.60 Å². The molecule has 5 nitrogen and oxygen atoms in total. The van der Waals surface area contributed by atoms with Crippen LogP contribution >= 0.6 is 11.8 Å². The van der Waals surface area contributed by atoms with Gasteiger partial charge in [-0.1, -0.05) is 43.0 Å². The molecule has 1 aromatic heterocycles. The molecule has 1 N–H and O–H groups in total. The third kappa shape index (κ3) is 4.87. The van der Waals surface area contributed by atoms with Crippen LogP contribution in [0, 0.1) is 0 Å². The molecule has 0 bridgehead atoms. The number of aromatic amines is 1. The van der Waals surface area contributed by atoms with E-state index in [0.717, 1.165) is 12.0 Å². The van der Waals surface area contributed by atoms with E-state index < -0.39 is 5.60 Å². The van der Waals surface area contributed by atoms with Crippen LogP contribution in [0.3, 0.4) is 0 Å². The van der Waals surface area contributed by atoms with E-state index in [1.807, 2.05) is 32.9 Å². The number of rotatable bonds is 5. The van der Waals surface area contributed by atoms with Crippen molar-refractivity contribution < 1.29 is 9.53 Å². The highest BCUT2D eigenvalue weighted by molar-refractivity contribution is 7.99. The summed E-state index contributed by atoms with van der Waals surface area (Å²) in [4.78, 5) is 16.1. The van der Waals surface area contributed by atoms with Gasteiger partial charge in [0.05, 0.1) is 5.75 Å². The summed E-state index contributed by atoms with van der Waals surface area (Å²) in [5.74, 6) is 0.633. The van der Waals surface area contributed by atoms with Crippen LogP contribution in [0.2, 0.25) is 0 Å². The van der Waals surface area contributed by atoms with Crippen molar-refractivity contribution in [1.82, 2.24) is 15.2 Å². The number of thioether (sulfide) groups is 1. The van der Waals surface area contributed by atoms with Crippen molar-refractivity contribution in [2.45, 2.75) is 44.9 Å². The van der Waals surface area contributed by atoms with E-state index in [2.05, 4.69) is 34.2 Å². The molecule has 0 aliphatic heterocycles. The van der Waals surface area contributed by atoms with Gasteiger partial charge in [0.15, 0.2) is 5.82 Å². The normalized spacial score (nSPS) is 11.5. The highest BCUT2D eigenvalue weighted by Gasteiger charge is 2.17. The first-order valence-electron chi connectivity index (χ1n) is 7.24. The molecule has 0 radical (unpaired) electrons. The molecule has 0 aliphatic rings. The summed E-state index contributed by atoms with van der Waals surface area (Å²) >= 11 is 1.26. The maximum absolute atomic E-state index is 11.7. The largest absolute Gasteiger partial charge is 0.459 e. The molecule has 1 heterocycles. The Hall–Kier alpha value is -1.82. The average Bonchev–Trinajstić information content (AvgIpc) is 2.92. The molecule has 0 aliphatic carbocycles. The third-order valence-electron chi connectivity index (χ3n) is 2.84. The van der Waals surface area contributed by atoms with Gasteiger partial charge < -0.3 is 4.74 Å². The van der Waals surface area contributed by atoms with Gasteiger partial charge in [0, 0.05) is 5.56 Å². The molecule has 2 rings (SSSR count). The molecule has 0 saturated carbocycles. The van der Waals surface area contributed by atoms with Crippen LogP contribution in [0.1, 0.15) is 33.3 Å². The second-order valence-electron chi connectivity index (χ2n) is 5.89. The van der Waals surface area contributed by atoms with Crippen LogP contribution in [-0.2, 0) is 16.0 Å². The summed E-state index contributed by atoms with van der Waals surface area (Å²) in [6.07, 6.45) is 1.01.